The van der Waals surface area contributed by atoms with E-state index >= 15 is 0 Å². The molecule has 2 N–H and O–H groups in total. The predicted octanol–water partition coefficient (Wildman–Crippen LogP) is 4.57. The van der Waals surface area contributed by atoms with Crippen LogP contribution < -0.4 is 5.73 Å². The molecule has 2 aromatic rings. The van der Waals surface area contributed by atoms with E-state index in [1.807, 2.05) is 0 Å². The fourth-order valence-corrected chi connectivity index (χ4v) is 4.47. The van der Waals surface area contributed by atoms with E-state index in [9.17, 15) is 0 Å². The average Bonchev–Trinajstić information content (AvgIpc) is 3.12. The van der Waals surface area contributed by atoms with Gasteiger partial charge < -0.3 is 10.6 Å². The van der Waals surface area contributed by atoms with Gasteiger partial charge in [-0.15, -0.1) is 0 Å². The second-order valence-corrected chi connectivity index (χ2v) is 7.69. The van der Waals surface area contributed by atoms with Crippen molar-refractivity contribution in [2.75, 3.05) is 26.2 Å². The molecular formula is C22H32N2. The van der Waals surface area contributed by atoms with E-state index in [0.29, 0.717) is 5.92 Å². The molecule has 1 aliphatic rings. The van der Waals surface area contributed by atoms with Crippen LogP contribution in [-0.2, 0) is 5.41 Å². The van der Waals surface area contributed by atoms with Crippen molar-refractivity contribution in [3.8, 4) is 0 Å². The van der Waals surface area contributed by atoms with Crippen LogP contribution in [-0.4, -0.2) is 31.1 Å². The highest BCUT2D eigenvalue weighted by Gasteiger charge is 2.35. The largest absolute Gasteiger partial charge is 0.330 e. The molecule has 130 valence electrons. The molecule has 24 heavy (non-hydrogen) atoms. The summed E-state index contributed by atoms with van der Waals surface area (Å²) in [6.45, 7) is 9.18. The van der Waals surface area contributed by atoms with Gasteiger partial charge in [-0.2, -0.15) is 0 Å². The molecule has 0 aliphatic carbocycles. The third-order valence-corrected chi connectivity index (χ3v) is 6.09. The molecule has 1 heterocycles. The summed E-state index contributed by atoms with van der Waals surface area (Å²) in [5.74, 6) is 0.534. The monoisotopic (exact) mass is 324 g/mol. The SMILES string of the molecule is CC(C)C(CN)(CCCN1CCCC1)c1cccc2ccccc12. The first-order valence-corrected chi connectivity index (χ1v) is 9.58. The van der Waals surface area contributed by atoms with E-state index in [1.165, 1.54) is 61.7 Å². The van der Waals surface area contributed by atoms with Crippen LogP contribution in [0.4, 0.5) is 0 Å². The van der Waals surface area contributed by atoms with E-state index < -0.39 is 0 Å². The number of nitrogens with zero attached hydrogens (tertiary/aromatic N) is 1. The number of fused-ring (bicyclic) bond motifs is 1. The van der Waals surface area contributed by atoms with Gasteiger partial charge in [-0.3, -0.25) is 0 Å². The van der Waals surface area contributed by atoms with Crippen molar-refractivity contribution in [1.29, 1.82) is 0 Å². The molecule has 0 spiro atoms. The van der Waals surface area contributed by atoms with Crippen molar-refractivity contribution in [2.24, 2.45) is 11.7 Å². The maximum atomic E-state index is 6.41. The summed E-state index contributed by atoms with van der Waals surface area (Å²) in [5, 5.41) is 2.70. The van der Waals surface area contributed by atoms with Crippen LogP contribution in [0.2, 0.25) is 0 Å². The molecule has 1 atom stereocenters. The van der Waals surface area contributed by atoms with Gasteiger partial charge in [0.25, 0.3) is 0 Å². The zero-order valence-electron chi connectivity index (χ0n) is 15.3. The van der Waals surface area contributed by atoms with Gasteiger partial charge in [-0.25, -0.2) is 0 Å². The molecule has 0 bridgehead atoms. The molecule has 1 fully saturated rings. The van der Waals surface area contributed by atoms with Crippen molar-refractivity contribution < 1.29 is 0 Å². The van der Waals surface area contributed by atoms with Crippen molar-refractivity contribution in [1.82, 2.24) is 4.90 Å². The zero-order valence-corrected chi connectivity index (χ0v) is 15.3. The predicted molar refractivity (Wildman–Crippen MR) is 104 cm³/mol. The molecule has 0 saturated carbocycles. The number of hydrogen-bond acceptors (Lipinski definition) is 2. The van der Waals surface area contributed by atoms with Crippen LogP contribution in [0.25, 0.3) is 10.8 Å². The fraction of sp³-hybridized carbons (Fsp3) is 0.545. The molecule has 0 aromatic heterocycles. The first kappa shape index (κ1) is 17.4. The van der Waals surface area contributed by atoms with E-state index in [4.69, 9.17) is 5.73 Å². The Hall–Kier alpha value is -1.38. The maximum Gasteiger partial charge on any atom is 0.0105 e. The van der Waals surface area contributed by atoms with Gasteiger partial charge in [0.15, 0.2) is 0 Å². The Labute approximate surface area is 147 Å². The molecule has 2 nitrogen and oxygen atoms in total. The van der Waals surface area contributed by atoms with E-state index in [2.05, 4.69) is 61.2 Å². The molecule has 1 unspecified atom stereocenters. The summed E-state index contributed by atoms with van der Waals surface area (Å²) in [6, 6.07) is 15.5. The van der Waals surface area contributed by atoms with Crippen LogP contribution in [0.1, 0.15) is 45.1 Å². The third-order valence-electron chi connectivity index (χ3n) is 6.09. The Morgan fingerprint density at radius 3 is 2.46 bits per heavy atom. The van der Waals surface area contributed by atoms with Crippen LogP contribution in [0, 0.1) is 5.92 Å². The summed E-state index contributed by atoms with van der Waals surface area (Å²) in [5.41, 5.74) is 7.93. The summed E-state index contributed by atoms with van der Waals surface area (Å²) < 4.78 is 0. The number of hydrogen-bond donors (Lipinski definition) is 1. The molecular weight excluding hydrogens is 292 g/mol. The number of nitrogens with two attached hydrogens (primary N) is 1. The van der Waals surface area contributed by atoms with Gasteiger partial charge in [0, 0.05) is 12.0 Å². The van der Waals surface area contributed by atoms with Crippen molar-refractivity contribution in [3.05, 3.63) is 48.0 Å². The van der Waals surface area contributed by atoms with Crippen LogP contribution in [0.3, 0.4) is 0 Å². The minimum atomic E-state index is 0.0700. The lowest BCUT2D eigenvalue weighted by molar-refractivity contribution is 0.257. The highest BCUT2D eigenvalue weighted by Crippen LogP contribution is 2.40. The molecule has 1 saturated heterocycles. The van der Waals surface area contributed by atoms with E-state index in [0.717, 1.165) is 6.54 Å². The molecule has 0 amide bonds. The summed E-state index contributed by atoms with van der Waals surface area (Å²) >= 11 is 0. The van der Waals surface area contributed by atoms with Crippen LogP contribution >= 0.6 is 0 Å². The first-order chi connectivity index (χ1) is 11.7. The molecule has 2 aromatic carbocycles. The lowest BCUT2D eigenvalue weighted by Gasteiger charge is -2.39. The summed E-state index contributed by atoms with van der Waals surface area (Å²) in [7, 11) is 0. The highest BCUT2D eigenvalue weighted by atomic mass is 15.1. The second-order valence-electron chi connectivity index (χ2n) is 7.69. The number of rotatable bonds is 7. The van der Waals surface area contributed by atoms with Crippen LogP contribution in [0.15, 0.2) is 42.5 Å². The normalized spacial score (nSPS) is 18.3. The van der Waals surface area contributed by atoms with Crippen molar-refractivity contribution in [3.63, 3.8) is 0 Å². The zero-order chi connectivity index (χ0) is 17.0. The quantitative estimate of drug-likeness (QED) is 0.808. The molecule has 3 rings (SSSR count). The average molecular weight is 325 g/mol. The van der Waals surface area contributed by atoms with Gasteiger partial charge in [0.05, 0.1) is 0 Å². The van der Waals surface area contributed by atoms with Crippen molar-refractivity contribution in [2.45, 2.75) is 44.9 Å². The van der Waals surface area contributed by atoms with Gasteiger partial charge in [0.2, 0.25) is 0 Å². The Morgan fingerprint density at radius 1 is 1.04 bits per heavy atom. The highest BCUT2D eigenvalue weighted by molar-refractivity contribution is 5.86. The summed E-state index contributed by atoms with van der Waals surface area (Å²) in [6.07, 6.45) is 5.15. The van der Waals surface area contributed by atoms with Crippen molar-refractivity contribution >= 4 is 10.8 Å². The summed E-state index contributed by atoms with van der Waals surface area (Å²) in [4.78, 5) is 2.62. The van der Waals surface area contributed by atoms with E-state index in [-0.39, 0.29) is 5.41 Å². The smallest absolute Gasteiger partial charge is 0.0105 e. The van der Waals surface area contributed by atoms with Gasteiger partial charge in [0.1, 0.15) is 0 Å². The lowest BCUT2D eigenvalue weighted by Crippen LogP contribution is -2.41. The molecule has 2 heteroatoms. The Kier molecular flexibility index (Phi) is 5.57. The Morgan fingerprint density at radius 2 is 1.75 bits per heavy atom. The number of likely N-dealkylation sites (tertiary alicyclic amines) is 1. The minimum Gasteiger partial charge on any atom is -0.330 e. The Balaban J connectivity index is 1.89. The van der Waals surface area contributed by atoms with E-state index in [1.54, 1.807) is 0 Å². The Bertz CT molecular complexity index is 653. The maximum absolute atomic E-state index is 6.41. The molecule has 1 aliphatic heterocycles. The third kappa shape index (κ3) is 3.36. The fourth-order valence-electron chi connectivity index (χ4n) is 4.47. The molecule has 0 radical (unpaired) electrons. The van der Waals surface area contributed by atoms with Gasteiger partial charge in [-0.05, 0) is 67.6 Å². The topological polar surface area (TPSA) is 29.3 Å². The standard InChI is InChI=1S/C22H32N2/c1-18(2)22(17-23,13-8-16-24-14-5-6-15-24)21-12-7-10-19-9-3-4-11-20(19)21/h3-4,7,9-12,18H,5-6,8,13-17,23H2,1-2H3. The van der Waals surface area contributed by atoms with Gasteiger partial charge in [-0.1, -0.05) is 56.3 Å². The second kappa shape index (κ2) is 7.67. The van der Waals surface area contributed by atoms with Gasteiger partial charge >= 0.3 is 0 Å². The number of benzene rings is 2. The van der Waals surface area contributed by atoms with Crippen LogP contribution in [0.5, 0.6) is 0 Å². The first-order valence-electron chi connectivity index (χ1n) is 9.58. The lowest BCUT2D eigenvalue weighted by atomic mass is 9.67. The minimum absolute atomic E-state index is 0.0700.